The van der Waals surface area contributed by atoms with Crippen molar-refractivity contribution in [2.45, 2.75) is 11.3 Å². The Labute approximate surface area is 182 Å². The van der Waals surface area contributed by atoms with E-state index in [9.17, 15) is 4.79 Å². The molecule has 0 unspecified atom stereocenters. The Morgan fingerprint density at radius 1 is 1.00 bits per heavy atom. The van der Waals surface area contributed by atoms with Crippen molar-refractivity contribution in [2.24, 2.45) is 5.10 Å². The topological polar surface area (TPSA) is 44.7 Å². The summed E-state index contributed by atoms with van der Waals surface area (Å²) in [5.74, 6) is 0.0289. The molecule has 0 saturated heterocycles. The summed E-state index contributed by atoms with van der Waals surface area (Å²) in [6.45, 7) is 0.627. The van der Waals surface area contributed by atoms with E-state index in [1.165, 1.54) is 17.3 Å². The maximum atomic E-state index is 13.6. The van der Waals surface area contributed by atoms with Crippen LogP contribution in [0.5, 0.6) is 0 Å². The molecular formula is C23H18BrN3OS. The molecule has 1 N–H and O–H groups in total. The summed E-state index contributed by atoms with van der Waals surface area (Å²) in [5, 5.41) is 5.37. The minimum atomic E-state index is -0.916. The predicted octanol–water partition coefficient (Wildman–Crippen LogP) is 4.89. The predicted molar refractivity (Wildman–Crippen MR) is 122 cm³/mol. The Hall–Kier alpha value is -2.57. The van der Waals surface area contributed by atoms with Crippen molar-refractivity contribution in [3.63, 3.8) is 0 Å². The standard InChI is InChI=1S/C23H18BrN3OS/c24-18-11-12-20-19(15-18)23(26-25-21(29-23)17-9-5-2-6-10-17)22(28)27(20)14-13-16-7-3-1-4-8-16/h1-12,15,26H,13-14H2/t23-/m0/s1. The van der Waals surface area contributed by atoms with Crippen molar-refractivity contribution < 1.29 is 4.79 Å². The first-order chi connectivity index (χ1) is 14.2. The number of amides is 1. The number of carbonyl (C=O) groups is 1. The second-order valence-corrected chi connectivity index (χ2v) is 9.15. The molecule has 4 nitrogen and oxygen atoms in total. The molecule has 2 heterocycles. The number of carbonyl (C=O) groups excluding carboxylic acids is 1. The van der Waals surface area contributed by atoms with E-state index in [1.54, 1.807) is 0 Å². The highest BCUT2D eigenvalue weighted by Gasteiger charge is 2.55. The quantitative estimate of drug-likeness (QED) is 0.598. The minimum Gasteiger partial charge on any atom is -0.308 e. The molecule has 1 atom stereocenters. The van der Waals surface area contributed by atoms with Crippen molar-refractivity contribution in [3.8, 4) is 0 Å². The monoisotopic (exact) mass is 463 g/mol. The average Bonchev–Trinajstić information content (AvgIpc) is 3.30. The van der Waals surface area contributed by atoms with Crippen LogP contribution in [-0.4, -0.2) is 17.5 Å². The third-order valence-electron chi connectivity index (χ3n) is 5.23. The van der Waals surface area contributed by atoms with Gasteiger partial charge in [-0.05, 0) is 30.2 Å². The fourth-order valence-corrected chi connectivity index (χ4v) is 5.34. The van der Waals surface area contributed by atoms with E-state index < -0.39 is 4.87 Å². The zero-order chi connectivity index (χ0) is 19.8. The highest BCUT2D eigenvalue weighted by atomic mass is 79.9. The molecule has 0 saturated carbocycles. The minimum absolute atomic E-state index is 0.0289. The lowest BCUT2D eigenvalue weighted by molar-refractivity contribution is -0.121. The molecule has 1 amide bonds. The molecule has 29 heavy (non-hydrogen) atoms. The van der Waals surface area contributed by atoms with Crippen LogP contribution in [0, 0.1) is 0 Å². The molecule has 3 aromatic carbocycles. The van der Waals surface area contributed by atoms with Crippen molar-refractivity contribution in [2.75, 3.05) is 11.4 Å². The molecule has 3 aromatic rings. The first kappa shape index (κ1) is 18.5. The molecule has 0 fully saturated rings. The molecule has 2 aliphatic heterocycles. The molecular weight excluding hydrogens is 446 g/mol. The van der Waals surface area contributed by atoms with Crippen LogP contribution in [-0.2, 0) is 16.1 Å². The number of fused-ring (bicyclic) bond motifs is 2. The first-order valence-corrected chi connectivity index (χ1v) is 11.0. The summed E-state index contributed by atoms with van der Waals surface area (Å²) < 4.78 is 0.948. The molecule has 6 heteroatoms. The van der Waals surface area contributed by atoms with Crippen molar-refractivity contribution in [3.05, 3.63) is 100 Å². The van der Waals surface area contributed by atoms with Gasteiger partial charge in [-0.25, -0.2) is 0 Å². The van der Waals surface area contributed by atoms with E-state index in [-0.39, 0.29) is 5.91 Å². The number of nitrogens with zero attached hydrogens (tertiary/aromatic N) is 2. The third kappa shape index (κ3) is 3.16. The fraction of sp³-hybridized carbons (Fsp3) is 0.130. The first-order valence-electron chi connectivity index (χ1n) is 9.42. The Kier molecular flexibility index (Phi) is 4.68. The molecule has 0 bridgehead atoms. The van der Waals surface area contributed by atoms with Gasteiger partial charge in [-0.15, -0.1) is 0 Å². The van der Waals surface area contributed by atoms with Gasteiger partial charge in [-0.1, -0.05) is 88.4 Å². The van der Waals surface area contributed by atoms with Crippen LogP contribution in [0.1, 0.15) is 16.7 Å². The Morgan fingerprint density at radius 3 is 2.48 bits per heavy atom. The van der Waals surface area contributed by atoms with Crippen LogP contribution in [0.4, 0.5) is 5.69 Å². The summed E-state index contributed by atoms with van der Waals surface area (Å²) in [5.41, 5.74) is 7.30. The van der Waals surface area contributed by atoms with Crippen LogP contribution in [0.2, 0.25) is 0 Å². The number of rotatable bonds is 4. The highest BCUT2D eigenvalue weighted by Crippen LogP contribution is 2.51. The van der Waals surface area contributed by atoms with Crippen LogP contribution in [0.15, 0.2) is 88.4 Å². The van der Waals surface area contributed by atoms with Crippen molar-refractivity contribution in [1.29, 1.82) is 0 Å². The number of benzene rings is 3. The maximum absolute atomic E-state index is 13.6. The highest BCUT2D eigenvalue weighted by molar-refractivity contribution is 9.10. The number of anilines is 1. The lowest BCUT2D eigenvalue weighted by atomic mass is 10.1. The third-order valence-corrected chi connectivity index (χ3v) is 7.03. The van der Waals surface area contributed by atoms with Gasteiger partial charge in [-0.2, -0.15) is 5.10 Å². The fourth-order valence-electron chi connectivity index (χ4n) is 3.78. The molecule has 144 valence electrons. The maximum Gasteiger partial charge on any atom is 0.269 e. The van der Waals surface area contributed by atoms with Gasteiger partial charge in [0.25, 0.3) is 5.91 Å². The van der Waals surface area contributed by atoms with E-state index >= 15 is 0 Å². The number of hydrogen-bond acceptors (Lipinski definition) is 4. The molecule has 5 rings (SSSR count). The van der Waals surface area contributed by atoms with Gasteiger partial charge in [0, 0.05) is 22.1 Å². The number of hydrazone groups is 1. The smallest absolute Gasteiger partial charge is 0.269 e. The van der Waals surface area contributed by atoms with Gasteiger partial charge in [0.15, 0.2) is 0 Å². The van der Waals surface area contributed by atoms with Crippen LogP contribution < -0.4 is 10.3 Å². The molecule has 2 aliphatic rings. The van der Waals surface area contributed by atoms with Gasteiger partial charge < -0.3 is 4.90 Å². The van der Waals surface area contributed by atoms with Crippen LogP contribution >= 0.6 is 27.7 Å². The lowest BCUT2D eigenvalue weighted by Crippen LogP contribution is -2.44. The summed E-state index contributed by atoms with van der Waals surface area (Å²) in [6.07, 6.45) is 0.801. The molecule has 0 aliphatic carbocycles. The number of nitrogens with one attached hydrogen (secondary N) is 1. The Bertz CT molecular complexity index is 1100. The lowest BCUT2D eigenvalue weighted by Gasteiger charge is -2.22. The van der Waals surface area contributed by atoms with Crippen LogP contribution in [0.3, 0.4) is 0 Å². The van der Waals surface area contributed by atoms with Gasteiger partial charge >= 0.3 is 0 Å². The largest absolute Gasteiger partial charge is 0.308 e. The van der Waals surface area contributed by atoms with Gasteiger partial charge in [0.2, 0.25) is 4.87 Å². The summed E-state index contributed by atoms with van der Waals surface area (Å²) in [4.78, 5) is 14.6. The number of thioether (sulfide) groups is 1. The van der Waals surface area contributed by atoms with E-state index in [4.69, 9.17) is 0 Å². The average molecular weight is 464 g/mol. The Morgan fingerprint density at radius 2 is 1.72 bits per heavy atom. The van der Waals surface area contributed by atoms with Gasteiger partial charge in [-0.3, -0.25) is 10.2 Å². The molecule has 0 radical (unpaired) electrons. The summed E-state index contributed by atoms with van der Waals surface area (Å²) >= 11 is 5.05. The molecule has 0 aromatic heterocycles. The van der Waals surface area contributed by atoms with Crippen molar-refractivity contribution in [1.82, 2.24) is 5.43 Å². The van der Waals surface area contributed by atoms with Gasteiger partial charge in [0.1, 0.15) is 5.04 Å². The Balaban J connectivity index is 1.48. The van der Waals surface area contributed by atoms with E-state index in [1.807, 2.05) is 71.6 Å². The van der Waals surface area contributed by atoms with E-state index in [0.29, 0.717) is 6.54 Å². The van der Waals surface area contributed by atoms with Crippen LogP contribution in [0.25, 0.3) is 0 Å². The zero-order valence-corrected chi connectivity index (χ0v) is 17.9. The zero-order valence-electron chi connectivity index (χ0n) is 15.5. The SMILES string of the molecule is O=C1N(CCc2ccccc2)c2ccc(Br)cc2[C@@]12NN=C(c1ccccc1)S2. The second-order valence-electron chi connectivity index (χ2n) is 7.03. The van der Waals surface area contributed by atoms with Gasteiger partial charge in [0.05, 0.1) is 5.69 Å². The normalized spacial score (nSPS) is 20.0. The van der Waals surface area contributed by atoms with E-state index in [0.717, 1.165) is 32.8 Å². The number of hydrogen-bond donors (Lipinski definition) is 1. The summed E-state index contributed by atoms with van der Waals surface area (Å²) in [6, 6.07) is 26.3. The second kappa shape index (κ2) is 7.35. The van der Waals surface area contributed by atoms with Crippen molar-refractivity contribution >= 4 is 44.3 Å². The molecule has 1 spiro atoms. The van der Waals surface area contributed by atoms with E-state index in [2.05, 4.69) is 38.6 Å². The number of halogens is 1. The summed E-state index contributed by atoms with van der Waals surface area (Å²) in [7, 11) is 0.